The van der Waals surface area contributed by atoms with Crippen molar-refractivity contribution in [3.63, 3.8) is 0 Å². The van der Waals surface area contributed by atoms with E-state index in [0.29, 0.717) is 0 Å². The Morgan fingerprint density at radius 3 is 1.69 bits per heavy atom. The van der Waals surface area contributed by atoms with E-state index in [2.05, 4.69) is 42.6 Å². The van der Waals surface area contributed by atoms with Gasteiger partial charge in [-0.2, -0.15) is 0 Å². The van der Waals surface area contributed by atoms with Gasteiger partial charge in [0.15, 0.2) is 0 Å². The number of rotatable bonds is 4. The fourth-order valence-electron chi connectivity index (χ4n) is 1.39. The molecule has 0 saturated carbocycles. The molecule has 0 aromatic heterocycles. The molecule has 0 unspecified atom stereocenters. The van der Waals surface area contributed by atoms with Crippen LogP contribution in [0.2, 0.25) is 38.5 Å². The summed E-state index contributed by atoms with van der Waals surface area (Å²) in [5, 5.41) is 0. The Bertz CT molecular complexity index is 179. The van der Waals surface area contributed by atoms with Gasteiger partial charge < -0.3 is 0 Å². The van der Waals surface area contributed by atoms with Gasteiger partial charge >= 0.3 is 93.8 Å². The van der Waals surface area contributed by atoms with Crippen molar-refractivity contribution in [2.45, 2.75) is 45.4 Å². The van der Waals surface area contributed by atoms with E-state index in [1.165, 1.54) is 8.87 Å². The number of allylic oxidation sites excluding steroid dienone is 2. The number of hydrogen-bond donors (Lipinski definition) is 0. The van der Waals surface area contributed by atoms with Crippen molar-refractivity contribution in [2.75, 3.05) is 0 Å². The summed E-state index contributed by atoms with van der Waals surface area (Å²) >= 11 is -3.05. The van der Waals surface area contributed by atoms with Gasteiger partial charge in [-0.3, -0.25) is 0 Å². The molecule has 0 heterocycles. The second kappa shape index (κ2) is 5.43. The predicted octanol–water partition coefficient (Wildman–Crippen LogP) is 4.61. The van der Waals surface area contributed by atoms with Gasteiger partial charge in [0.25, 0.3) is 0 Å². The minimum atomic E-state index is -1.53. The second-order valence-electron chi connectivity index (χ2n) is 6.55. The van der Waals surface area contributed by atoms with Crippen LogP contribution < -0.4 is 0 Å². The first-order valence-electron chi connectivity index (χ1n) is 5.26. The predicted molar refractivity (Wildman–Crippen MR) is 70.1 cm³/mol. The van der Waals surface area contributed by atoms with Crippen molar-refractivity contribution < 1.29 is 0 Å². The molecule has 0 spiro atoms. The zero-order valence-corrected chi connectivity index (χ0v) is 16.2. The molecule has 0 amide bonds. The molecule has 0 N–H and O–H groups in total. The Morgan fingerprint density at radius 2 is 1.38 bits per heavy atom. The van der Waals surface area contributed by atoms with Crippen LogP contribution in [0.25, 0.3) is 0 Å². The Labute approximate surface area is 92.9 Å². The van der Waals surface area contributed by atoms with Gasteiger partial charge in [0.05, 0.1) is 0 Å². The first-order chi connectivity index (χ1) is 5.60. The van der Waals surface area contributed by atoms with Crippen LogP contribution in [0.4, 0.5) is 0 Å². The summed E-state index contributed by atoms with van der Waals surface area (Å²) in [5.41, 5.74) is 1.68. The van der Waals surface area contributed by atoms with Crippen LogP contribution in [-0.4, -0.2) is 36.8 Å². The summed E-state index contributed by atoms with van der Waals surface area (Å²) in [6.45, 7) is 2.33. The van der Waals surface area contributed by atoms with Crippen LogP contribution in [0.15, 0.2) is 11.6 Å². The van der Waals surface area contributed by atoms with E-state index in [4.69, 9.17) is 0 Å². The van der Waals surface area contributed by atoms with E-state index in [0.717, 1.165) is 0 Å². The third-order valence-electron chi connectivity index (χ3n) is 1.87. The Balaban J connectivity index is 4.05. The third kappa shape index (κ3) is 11.3. The molecular formula is C11H26Sn2. The third-order valence-corrected chi connectivity index (χ3v) is 10.6. The quantitative estimate of drug-likeness (QED) is 0.482. The van der Waals surface area contributed by atoms with Crippen molar-refractivity contribution in [3.8, 4) is 0 Å². The summed E-state index contributed by atoms with van der Waals surface area (Å²) in [7, 11) is 0. The SMILES string of the molecule is CC(=C[CH2][Sn]([CH3])([CH3])[CH3])[CH2][Sn]([CH3])([CH3])[CH3]. The van der Waals surface area contributed by atoms with Gasteiger partial charge in [-0.05, 0) is 0 Å². The molecule has 78 valence electrons. The normalized spacial score (nSPS) is 14.8. The molecule has 0 saturated heterocycles. The van der Waals surface area contributed by atoms with Crippen molar-refractivity contribution >= 4 is 36.8 Å². The minimum absolute atomic E-state index is 1.43. The van der Waals surface area contributed by atoms with Gasteiger partial charge in [0.2, 0.25) is 0 Å². The van der Waals surface area contributed by atoms with E-state index < -0.39 is 36.8 Å². The molecule has 0 radical (unpaired) electrons. The maximum absolute atomic E-state index is 2.54. The zero-order valence-electron chi connectivity index (χ0n) is 10.5. The van der Waals surface area contributed by atoms with Crippen molar-refractivity contribution in [2.24, 2.45) is 0 Å². The molecule has 0 aromatic rings. The fraction of sp³-hybridized carbons (Fsp3) is 0.818. The van der Waals surface area contributed by atoms with Crippen LogP contribution in [-0.2, 0) is 0 Å². The second-order valence-corrected chi connectivity index (χ2v) is 38.0. The fourth-order valence-corrected chi connectivity index (χ4v) is 9.32. The first-order valence-corrected chi connectivity index (χ1v) is 26.4. The molecule has 0 atom stereocenters. The molecule has 0 aromatic carbocycles. The molecule has 0 fully saturated rings. The molecule has 0 bridgehead atoms. The zero-order chi connectivity index (χ0) is 10.7. The first kappa shape index (κ1) is 14.3. The van der Waals surface area contributed by atoms with Crippen LogP contribution in [0.5, 0.6) is 0 Å². The molecule has 0 aliphatic heterocycles. The van der Waals surface area contributed by atoms with E-state index in [-0.39, 0.29) is 0 Å². The molecule has 0 aliphatic carbocycles. The van der Waals surface area contributed by atoms with Crippen molar-refractivity contribution in [1.82, 2.24) is 0 Å². The topological polar surface area (TPSA) is 0 Å². The Hall–Kier alpha value is 1.34. The monoisotopic (exact) mass is 398 g/mol. The van der Waals surface area contributed by atoms with Crippen LogP contribution in [0.1, 0.15) is 6.92 Å². The Morgan fingerprint density at radius 1 is 0.923 bits per heavy atom. The van der Waals surface area contributed by atoms with Crippen LogP contribution in [0, 0.1) is 0 Å². The molecular weight excluding hydrogens is 370 g/mol. The molecule has 0 aliphatic rings. The van der Waals surface area contributed by atoms with Crippen molar-refractivity contribution in [1.29, 1.82) is 0 Å². The summed E-state index contributed by atoms with van der Waals surface area (Å²) in [5.74, 6) is 0. The van der Waals surface area contributed by atoms with Gasteiger partial charge in [-0.25, -0.2) is 0 Å². The van der Waals surface area contributed by atoms with Crippen molar-refractivity contribution in [3.05, 3.63) is 11.6 Å². The van der Waals surface area contributed by atoms with Gasteiger partial charge in [-0.15, -0.1) is 0 Å². The van der Waals surface area contributed by atoms with Crippen LogP contribution in [0.3, 0.4) is 0 Å². The summed E-state index contributed by atoms with van der Waals surface area (Å²) in [6, 6.07) is 0. The maximum atomic E-state index is 2.54. The van der Waals surface area contributed by atoms with E-state index >= 15 is 0 Å². The summed E-state index contributed by atoms with van der Waals surface area (Å²) in [6.07, 6.45) is 2.54. The average Bonchev–Trinajstić information content (AvgIpc) is 1.78. The summed E-state index contributed by atoms with van der Waals surface area (Å²) in [4.78, 5) is 15.1. The van der Waals surface area contributed by atoms with E-state index in [1.54, 1.807) is 5.57 Å². The molecule has 0 rings (SSSR count). The van der Waals surface area contributed by atoms with Gasteiger partial charge in [0.1, 0.15) is 0 Å². The molecule has 2 heteroatoms. The van der Waals surface area contributed by atoms with E-state index in [9.17, 15) is 0 Å². The standard InChI is InChI=1S/C5H8.6CH3.2Sn/c1-4-5(2)3;;;;;;;;/h4H,1-2H2,3H3;6*1H3;;. The molecule has 0 nitrogen and oxygen atoms in total. The van der Waals surface area contributed by atoms with Crippen LogP contribution >= 0.6 is 0 Å². The number of hydrogen-bond acceptors (Lipinski definition) is 0. The average molecular weight is 396 g/mol. The Kier molecular flexibility index (Phi) is 5.99. The molecule has 13 heavy (non-hydrogen) atoms. The summed E-state index contributed by atoms with van der Waals surface area (Å²) < 4.78 is 2.89. The van der Waals surface area contributed by atoms with E-state index in [1.807, 2.05) is 0 Å². The van der Waals surface area contributed by atoms with Gasteiger partial charge in [0, 0.05) is 0 Å². The van der Waals surface area contributed by atoms with Gasteiger partial charge in [-0.1, -0.05) is 0 Å².